The normalized spacial score (nSPS) is 21.3. The number of allylic oxidation sites excluding steroid dienone is 8. The fourth-order valence-corrected chi connectivity index (χ4v) is 5.31. The standard InChI is InChI=1S/C30H36N2/c1-29(2)23-17-13-15-19-25(23)31(5)27(29)21-11-9-7-8-10-12-22-28-30(3,4)24-18-14-16-20-26(24)32(28)6/h9-22H,7-8H2,1-6H3/b11-9?,12-10?,27-21+,28-22?. The summed E-state index contributed by atoms with van der Waals surface area (Å²) >= 11 is 0. The first kappa shape index (κ1) is 22.2. The van der Waals surface area contributed by atoms with Gasteiger partial charge in [0.2, 0.25) is 0 Å². The van der Waals surface area contributed by atoms with Crippen LogP contribution in [0.15, 0.2) is 96.4 Å². The van der Waals surface area contributed by atoms with Gasteiger partial charge in [0.25, 0.3) is 0 Å². The Morgan fingerprint density at radius 1 is 0.625 bits per heavy atom. The topological polar surface area (TPSA) is 6.48 Å². The van der Waals surface area contributed by atoms with E-state index in [0.29, 0.717) is 0 Å². The van der Waals surface area contributed by atoms with E-state index in [1.807, 2.05) is 0 Å². The van der Waals surface area contributed by atoms with E-state index in [9.17, 15) is 0 Å². The Labute approximate surface area is 194 Å². The molecule has 166 valence electrons. The minimum Gasteiger partial charge on any atom is -0.347 e. The average Bonchev–Trinajstić information content (AvgIpc) is 3.09. The van der Waals surface area contributed by atoms with E-state index in [1.165, 1.54) is 33.9 Å². The number of para-hydroxylation sites is 2. The zero-order valence-electron chi connectivity index (χ0n) is 20.4. The number of fused-ring (bicyclic) bond motifs is 2. The quantitative estimate of drug-likeness (QED) is 0.458. The highest BCUT2D eigenvalue weighted by Crippen LogP contribution is 2.47. The van der Waals surface area contributed by atoms with Gasteiger partial charge in [0.05, 0.1) is 0 Å². The maximum atomic E-state index is 2.32. The lowest BCUT2D eigenvalue weighted by Gasteiger charge is -2.23. The SMILES string of the molecule is CN1C(=CC=CCCC=C/C=C2/N(C)c3ccccc3C2(C)C)C(C)(C)c2ccccc21. The summed E-state index contributed by atoms with van der Waals surface area (Å²) in [5, 5.41) is 0. The molecule has 2 aromatic rings. The minimum atomic E-state index is 0.0411. The van der Waals surface area contributed by atoms with Crippen LogP contribution in [0.4, 0.5) is 11.4 Å². The Hall–Kier alpha value is -3.00. The maximum absolute atomic E-state index is 2.32. The summed E-state index contributed by atoms with van der Waals surface area (Å²) in [7, 11) is 4.34. The monoisotopic (exact) mass is 424 g/mol. The second-order valence-electron chi connectivity index (χ2n) is 9.94. The Bertz CT molecular complexity index is 1020. The van der Waals surface area contributed by atoms with E-state index >= 15 is 0 Å². The molecule has 0 saturated carbocycles. The molecule has 2 aliphatic rings. The van der Waals surface area contributed by atoms with Crippen molar-refractivity contribution in [3.63, 3.8) is 0 Å². The minimum absolute atomic E-state index is 0.0411. The van der Waals surface area contributed by atoms with Crippen molar-refractivity contribution in [1.29, 1.82) is 0 Å². The first-order valence-corrected chi connectivity index (χ1v) is 11.7. The predicted molar refractivity (Wildman–Crippen MR) is 139 cm³/mol. The smallest absolute Gasteiger partial charge is 0.0447 e. The molecule has 2 heteroatoms. The number of hydrogen-bond acceptors (Lipinski definition) is 2. The Kier molecular flexibility index (Phi) is 5.90. The number of likely N-dealkylation sites (N-methyl/N-ethyl adjacent to an activating group) is 2. The molecule has 2 aliphatic heterocycles. The highest BCUT2D eigenvalue weighted by Gasteiger charge is 2.38. The van der Waals surface area contributed by atoms with Crippen molar-refractivity contribution in [1.82, 2.24) is 0 Å². The average molecular weight is 425 g/mol. The van der Waals surface area contributed by atoms with Crippen LogP contribution in [0.3, 0.4) is 0 Å². The molecule has 0 atom stereocenters. The van der Waals surface area contributed by atoms with E-state index < -0.39 is 0 Å². The van der Waals surface area contributed by atoms with Crippen molar-refractivity contribution in [2.75, 3.05) is 23.9 Å². The first-order valence-electron chi connectivity index (χ1n) is 11.7. The Morgan fingerprint density at radius 3 is 1.38 bits per heavy atom. The third-order valence-electron chi connectivity index (χ3n) is 7.16. The summed E-state index contributed by atoms with van der Waals surface area (Å²) in [6, 6.07) is 17.4. The van der Waals surface area contributed by atoms with Crippen LogP contribution in [0.1, 0.15) is 51.7 Å². The van der Waals surface area contributed by atoms with E-state index in [0.717, 1.165) is 12.8 Å². The zero-order valence-corrected chi connectivity index (χ0v) is 20.4. The van der Waals surface area contributed by atoms with Crippen LogP contribution in [-0.2, 0) is 10.8 Å². The van der Waals surface area contributed by atoms with Crippen LogP contribution in [-0.4, -0.2) is 14.1 Å². The van der Waals surface area contributed by atoms with E-state index in [4.69, 9.17) is 0 Å². The lowest BCUT2D eigenvalue weighted by atomic mass is 9.84. The number of nitrogens with zero attached hydrogens (tertiary/aromatic N) is 2. The number of benzene rings is 2. The Balaban J connectivity index is 1.35. The zero-order chi connectivity index (χ0) is 22.9. The summed E-state index contributed by atoms with van der Waals surface area (Å²) < 4.78 is 0. The molecule has 0 unspecified atom stereocenters. The highest BCUT2D eigenvalue weighted by molar-refractivity contribution is 5.71. The summed E-state index contributed by atoms with van der Waals surface area (Å²) in [4.78, 5) is 4.65. The molecule has 0 saturated heterocycles. The summed E-state index contributed by atoms with van der Waals surface area (Å²) in [5.74, 6) is 0. The van der Waals surface area contributed by atoms with Gasteiger partial charge >= 0.3 is 0 Å². The summed E-state index contributed by atoms with van der Waals surface area (Å²) in [6.07, 6.45) is 15.6. The van der Waals surface area contributed by atoms with Crippen LogP contribution in [0.2, 0.25) is 0 Å². The van der Waals surface area contributed by atoms with E-state index in [2.05, 4.69) is 137 Å². The molecular formula is C30H36N2. The molecule has 2 heterocycles. The molecule has 0 bridgehead atoms. The van der Waals surface area contributed by atoms with Crippen molar-refractivity contribution in [2.24, 2.45) is 0 Å². The highest BCUT2D eigenvalue weighted by atomic mass is 15.2. The van der Waals surface area contributed by atoms with E-state index in [1.54, 1.807) is 0 Å². The van der Waals surface area contributed by atoms with Crippen LogP contribution >= 0.6 is 0 Å². The molecule has 32 heavy (non-hydrogen) atoms. The molecule has 0 radical (unpaired) electrons. The molecule has 0 aromatic heterocycles. The van der Waals surface area contributed by atoms with Crippen molar-refractivity contribution in [2.45, 2.75) is 51.4 Å². The largest absolute Gasteiger partial charge is 0.347 e. The number of rotatable bonds is 5. The third-order valence-corrected chi connectivity index (χ3v) is 7.16. The summed E-state index contributed by atoms with van der Waals surface area (Å²) in [6.45, 7) is 9.24. The van der Waals surface area contributed by atoms with Crippen molar-refractivity contribution in [3.8, 4) is 0 Å². The van der Waals surface area contributed by atoms with Crippen molar-refractivity contribution in [3.05, 3.63) is 108 Å². The van der Waals surface area contributed by atoms with Crippen LogP contribution in [0, 0.1) is 0 Å². The van der Waals surface area contributed by atoms with Gasteiger partial charge in [-0.15, -0.1) is 0 Å². The lowest BCUT2D eigenvalue weighted by Crippen LogP contribution is -2.22. The van der Waals surface area contributed by atoms with Crippen LogP contribution in [0.25, 0.3) is 0 Å². The van der Waals surface area contributed by atoms with Gasteiger partial charge in [-0.3, -0.25) is 0 Å². The molecular weight excluding hydrogens is 388 g/mol. The van der Waals surface area contributed by atoms with Crippen molar-refractivity contribution >= 4 is 11.4 Å². The predicted octanol–water partition coefficient (Wildman–Crippen LogP) is 7.50. The molecule has 0 amide bonds. The molecule has 0 aliphatic carbocycles. The van der Waals surface area contributed by atoms with Gasteiger partial charge in [0.1, 0.15) is 0 Å². The van der Waals surface area contributed by atoms with Gasteiger partial charge in [-0.05, 0) is 48.3 Å². The molecule has 2 nitrogen and oxygen atoms in total. The van der Waals surface area contributed by atoms with Crippen molar-refractivity contribution < 1.29 is 0 Å². The van der Waals surface area contributed by atoms with Gasteiger partial charge in [0.15, 0.2) is 0 Å². The van der Waals surface area contributed by atoms with Gasteiger partial charge in [0, 0.05) is 47.7 Å². The fraction of sp³-hybridized carbons (Fsp3) is 0.333. The molecule has 0 N–H and O–H groups in total. The number of hydrogen-bond donors (Lipinski definition) is 0. The number of anilines is 2. The molecule has 0 spiro atoms. The van der Waals surface area contributed by atoms with Gasteiger partial charge in [-0.25, -0.2) is 0 Å². The molecule has 0 fully saturated rings. The van der Waals surface area contributed by atoms with E-state index in [-0.39, 0.29) is 10.8 Å². The lowest BCUT2D eigenvalue weighted by molar-refractivity contribution is 0.640. The van der Waals surface area contributed by atoms with Crippen LogP contribution in [0.5, 0.6) is 0 Å². The molecule has 2 aromatic carbocycles. The van der Waals surface area contributed by atoms with Crippen LogP contribution < -0.4 is 9.80 Å². The second kappa shape index (κ2) is 8.50. The Morgan fingerprint density at radius 2 is 1.00 bits per heavy atom. The fourth-order valence-electron chi connectivity index (χ4n) is 5.31. The van der Waals surface area contributed by atoms with Gasteiger partial charge in [-0.1, -0.05) is 88.4 Å². The molecule has 4 rings (SSSR count). The van der Waals surface area contributed by atoms with Gasteiger partial charge in [-0.2, -0.15) is 0 Å². The summed E-state index contributed by atoms with van der Waals surface area (Å²) in [5.41, 5.74) is 8.21. The first-order chi connectivity index (χ1) is 15.3. The third kappa shape index (κ3) is 3.72. The maximum Gasteiger partial charge on any atom is 0.0447 e. The second-order valence-corrected chi connectivity index (χ2v) is 9.94. The number of unbranched alkanes of at least 4 members (excludes halogenated alkanes) is 1. The van der Waals surface area contributed by atoms with Gasteiger partial charge < -0.3 is 9.80 Å².